The van der Waals surface area contributed by atoms with Gasteiger partial charge in [0.2, 0.25) is 5.91 Å². The second-order valence-electron chi connectivity index (χ2n) is 8.66. The van der Waals surface area contributed by atoms with Crippen LogP contribution in [0.5, 0.6) is 0 Å². The maximum Gasteiger partial charge on any atom is 0.407 e. The van der Waals surface area contributed by atoms with E-state index in [1.165, 1.54) is 13.0 Å². The molecule has 40 heavy (non-hydrogen) atoms. The largest absolute Gasteiger partial charge is 0.464 e. The van der Waals surface area contributed by atoms with Crippen LogP contribution in [0.1, 0.15) is 29.2 Å². The molecule has 0 bridgehead atoms. The predicted molar refractivity (Wildman–Crippen MR) is 146 cm³/mol. The van der Waals surface area contributed by atoms with Crippen LogP contribution < -0.4 is 21.3 Å². The lowest BCUT2D eigenvalue weighted by atomic mass is 9.98. The molecule has 4 N–H and O–H groups in total. The summed E-state index contributed by atoms with van der Waals surface area (Å²) in [5.74, 6) is -1.26. The number of urea groups is 1. The molecule has 0 heterocycles. The van der Waals surface area contributed by atoms with Crippen LogP contribution in [-0.4, -0.2) is 43.7 Å². The van der Waals surface area contributed by atoms with E-state index in [1.807, 2.05) is 30.3 Å². The number of esters is 1. The third kappa shape index (κ3) is 10.4. The molecule has 3 aromatic carbocycles. The molecule has 0 aromatic heterocycles. The Morgan fingerprint density at radius 1 is 0.800 bits per heavy atom. The fraction of sp³-hybridized carbons (Fsp3) is 0.241. The summed E-state index contributed by atoms with van der Waals surface area (Å²) in [6.07, 6.45) is -0.508. The molecule has 0 fully saturated rings. The Balaban J connectivity index is 1.57. The highest BCUT2D eigenvalue weighted by Gasteiger charge is 2.12. The van der Waals surface area contributed by atoms with E-state index < -0.39 is 24.0 Å². The summed E-state index contributed by atoms with van der Waals surface area (Å²) in [6, 6.07) is 20.0. The third-order valence-corrected chi connectivity index (χ3v) is 5.58. The molecule has 4 amide bonds. The Morgan fingerprint density at radius 2 is 1.55 bits per heavy atom. The number of anilines is 1. The molecule has 0 radical (unpaired) electrons. The molecular formula is C29H31FN4O6. The zero-order valence-electron chi connectivity index (χ0n) is 22.0. The van der Waals surface area contributed by atoms with Crippen molar-refractivity contribution in [2.24, 2.45) is 0 Å². The number of ether oxygens (including phenoxy) is 2. The maximum absolute atomic E-state index is 14.4. The molecule has 3 aromatic rings. The Morgan fingerprint density at radius 3 is 2.30 bits per heavy atom. The van der Waals surface area contributed by atoms with Crippen LogP contribution in [-0.2, 0) is 38.6 Å². The van der Waals surface area contributed by atoms with Crippen molar-refractivity contribution in [3.05, 3.63) is 101 Å². The minimum atomic E-state index is -0.721. The van der Waals surface area contributed by atoms with Crippen molar-refractivity contribution in [1.82, 2.24) is 16.0 Å². The third-order valence-electron chi connectivity index (χ3n) is 5.58. The quantitative estimate of drug-likeness (QED) is 0.201. The monoisotopic (exact) mass is 550 g/mol. The van der Waals surface area contributed by atoms with Gasteiger partial charge in [-0.25, -0.2) is 14.0 Å². The topological polar surface area (TPSA) is 135 Å². The van der Waals surface area contributed by atoms with Crippen LogP contribution in [0.15, 0.2) is 72.8 Å². The van der Waals surface area contributed by atoms with Crippen LogP contribution in [0.4, 0.5) is 19.7 Å². The van der Waals surface area contributed by atoms with Crippen molar-refractivity contribution in [3.8, 4) is 0 Å². The molecule has 0 saturated heterocycles. The van der Waals surface area contributed by atoms with Gasteiger partial charge in [-0.2, -0.15) is 0 Å². The van der Waals surface area contributed by atoms with Gasteiger partial charge in [0, 0.05) is 25.6 Å². The van der Waals surface area contributed by atoms with Gasteiger partial charge in [0.05, 0.1) is 6.54 Å². The van der Waals surface area contributed by atoms with Crippen LogP contribution in [0, 0.1) is 5.82 Å². The number of amides is 4. The van der Waals surface area contributed by atoms with Gasteiger partial charge < -0.3 is 30.7 Å². The van der Waals surface area contributed by atoms with Crippen molar-refractivity contribution in [1.29, 1.82) is 0 Å². The van der Waals surface area contributed by atoms with E-state index >= 15 is 0 Å². The van der Waals surface area contributed by atoms with Gasteiger partial charge in [0.1, 0.15) is 25.6 Å². The van der Waals surface area contributed by atoms with Crippen molar-refractivity contribution in [2.75, 3.05) is 25.0 Å². The first-order valence-electron chi connectivity index (χ1n) is 12.5. The minimum absolute atomic E-state index is 0.0412. The number of halogens is 1. The molecule has 0 saturated carbocycles. The number of carbonyl (C=O) groups is 4. The lowest BCUT2D eigenvalue weighted by Crippen LogP contribution is -2.37. The van der Waals surface area contributed by atoms with E-state index in [4.69, 9.17) is 9.47 Å². The second kappa shape index (κ2) is 15.5. The van der Waals surface area contributed by atoms with E-state index in [0.717, 1.165) is 5.56 Å². The molecule has 10 nitrogen and oxygen atoms in total. The number of alkyl carbamates (subject to hydrolysis) is 1. The highest BCUT2D eigenvalue weighted by molar-refractivity contribution is 5.89. The van der Waals surface area contributed by atoms with Crippen LogP contribution in [0.2, 0.25) is 0 Å². The molecule has 210 valence electrons. The first kappa shape index (κ1) is 29.6. The van der Waals surface area contributed by atoms with Crippen molar-refractivity contribution >= 4 is 29.7 Å². The molecule has 0 aliphatic heterocycles. The van der Waals surface area contributed by atoms with Gasteiger partial charge in [-0.3, -0.25) is 9.59 Å². The average Bonchev–Trinajstić information content (AvgIpc) is 2.94. The van der Waals surface area contributed by atoms with Crippen LogP contribution >= 0.6 is 0 Å². The SMILES string of the molecule is CC(=O)OCCNC(=O)Nc1ccc(CNC(=O)CNC(=O)OCc2ccccc2)c(Cc2ccccc2F)c1. The number of rotatable bonds is 12. The maximum atomic E-state index is 14.4. The lowest BCUT2D eigenvalue weighted by molar-refractivity contribution is -0.140. The van der Waals surface area contributed by atoms with E-state index in [-0.39, 0.29) is 45.1 Å². The summed E-state index contributed by atoms with van der Waals surface area (Å²) >= 11 is 0. The Labute approximate surface area is 231 Å². The summed E-state index contributed by atoms with van der Waals surface area (Å²) < 4.78 is 24.2. The van der Waals surface area contributed by atoms with E-state index in [9.17, 15) is 23.6 Å². The summed E-state index contributed by atoms with van der Waals surface area (Å²) in [7, 11) is 0. The van der Waals surface area contributed by atoms with Crippen molar-refractivity contribution in [2.45, 2.75) is 26.5 Å². The Hall–Kier alpha value is -4.93. The standard InChI is InChI=1S/C29H31FN4O6/c1-20(35)39-14-13-31-28(37)34-25-12-11-23(24(16-25)15-22-9-5-6-10-26(22)30)17-32-27(36)18-33-29(38)40-19-21-7-3-2-4-8-21/h2-12,16H,13-15,17-19H2,1H3,(H,32,36)(H,33,38)(H2,31,34,37). The van der Waals surface area contributed by atoms with Gasteiger partial charge >= 0.3 is 18.1 Å². The highest BCUT2D eigenvalue weighted by Crippen LogP contribution is 2.21. The molecule has 11 heteroatoms. The predicted octanol–water partition coefficient (Wildman–Crippen LogP) is 3.64. The van der Waals surface area contributed by atoms with Gasteiger partial charge in [-0.15, -0.1) is 0 Å². The average molecular weight is 551 g/mol. The molecule has 0 aliphatic carbocycles. The van der Waals surface area contributed by atoms with Crippen molar-refractivity contribution < 1.29 is 33.0 Å². The molecule has 0 aliphatic rings. The van der Waals surface area contributed by atoms with E-state index in [1.54, 1.807) is 36.4 Å². The zero-order valence-corrected chi connectivity index (χ0v) is 22.0. The van der Waals surface area contributed by atoms with Gasteiger partial charge in [0.25, 0.3) is 0 Å². The first-order valence-corrected chi connectivity index (χ1v) is 12.5. The normalized spacial score (nSPS) is 10.2. The smallest absolute Gasteiger partial charge is 0.407 e. The second-order valence-corrected chi connectivity index (χ2v) is 8.66. The first-order chi connectivity index (χ1) is 19.3. The lowest BCUT2D eigenvalue weighted by Gasteiger charge is -2.15. The molecule has 3 rings (SSSR count). The number of benzene rings is 3. The zero-order chi connectivity index (χ0) is 28.7. The number of hydrogen-bond donors (Lipinski definition) is 4. The highest BCUT2D eigenvalue weighted by atomic mass is 19.1. The van der Waals surface area contributed by atoms with E-state index in [2.05, 4.69) is 21.3 Å². The molecule has 0 spiro atoms. The Bertz CT molecular complexity index is 1320. The summed E-state index contributed by atoms with van der Waals surface area (Å²) in [5.41, 5.74) is 3.10. The number of carbonyl (C=O) groups excluding carboxylic acids is 4. The number of nitrogens with one attached hydrogen (secondary N) is 4. The minimum Gasteiger partial charge on any atom is -0.464 e. The van der Waals surface area contributed by atoms with E-state index in [0.29, 0.717) is 22.4 Å². The Kier molecular flexibility index (Phi) is 11.5. The summed E-state index contributed by atoms with van der Waals surface area (Å²) in [4.78, 5) is 47.3. The van der Waals surface area contributed by atoms with Crippen molar-refractivity contribution in [3.63, 3.8) is 0 Å². The van der Waals surface area contributed by atoms with Gasteiger partial charge in [-0.05, 0) is 40.5 Å². The van der Waals surface area contributed by atoms with Gasteiger partial charge in [0.15, 0.2) is 0 Å². The fourth-order valence-electron chi connectivity index (χ4n) is 3.61. The summed E-state index contributed by atoms with van der Waals surface area (Å²) in [6.45, 7) is 1.35. The fourth-order valence-corrected chi connectivity index (χ4v) is 3.61. The number of hydrogen-bond acceptors (Lipinski definition) is 6. The molecule has 0 unspecified atom stereocenters. The van der Waals surface area contributed by atoms with Crippen LogP contribution in [0.25, 0.3) is 0 Å². The molecular weight excluding hydrogens is 519 g/mol. The summed E-state index contributed by atoms with van der Waals surface area (Å²) in [5, 5.41) is 10.4. The molecule has 0 atom stereocenters. The van der Waals surface area contributed by atoms with Crippen LogP contribution in [0.3, 0.4) is 0 Å². The van der Waals surface area contributed by atoms with Gasteiger partial charge in [-0.1, -0.05) is 54.6 Å².